The standard InChI is InChI=1S/C28H36N8O/c1-5-30-27-24(25(29)35(19-20(2)3)28(37)34(27)4)26(33-22-10-7-6-8-11-22)31-18-21-12-14-23(15-13-21)36-17-9-16-32-36/h6-17,20,24,26,29,31,33H,5,18-19H2,1-4H3/t24-,26?/m1/s1. The van der Waals surface area contributed by atoms with Gasteiger partial charge >= 0.3 is 6.03 Å². The number of urea groups is 1. The molecule has 0 aliphatic carbocycles. The Kier molecular flexibility index (Phi) is 8.35. The molecule has 1 fully saturated rings. The van der Waals surface area contributed by atoms with Gasteiger partial charge in [0.25, 0.3) is 0 Å². The van der Waals surface area contributed by atoms with E-state index < -0.39 is 5.92 Å². The molecule has 3 N–H and O–H groups in total. The van der Waals surface area contributed by atoms with Crippen molar-refractivity contribution in [3.63, 3.8) is 0 Å². The Morgan fingerprint density at radius 2 is 1.81 bits per heavy atom. The second kappa shape index (κ2) is 11.8. The fourth-order valence-electron chi connectivity index (χ4n) is 4.48. The number of amidine groups is 2. The van der Waals surface area contributed by atoms with Crippen molar-refractivity contribution in [2.45, 2.75) is 33.5 Å². The molecular formula is C28H36N8O. The number of nitrogens with one attached hydrogen (secondary N) is 3. The van der Waals surface area contributed by atoms with Crippen LogP contribution < -0.4 is 10.6 Å². The van der Waals surface area contributed by atoms with Gasteiger partial charge in [-0.2, -0.15) is 5.10 Å². The Labute approximate surface area is 218 Å². The Morgan fingerprint density at radius 1 is 1.08 bits per heavy atom. The molecule has 0 saturated carbocycles. The second-order valence-electron chi connectivity index (χ2n) is 9.53. The average molecular weight is 501 g/mol. The highest BCUT2D eigenvalue weighted by atomic mass is 16.2. The zero-order chi connectivity index (χ0) is 26.4. The number of para-hydroxylation sites is 1. The third-order valence-corrected chi connectivity index (χ3v) is 6.25. The lowest BCUT2D eigenvalue weighted by atomic mass is 9.96. The highest BCUT2D eigenvalue weighted by molar-refractivity contribution is 6.19. The lowest BCUT2D eigenvalue weighted by Gasteiger charge is -2.43. The van der Waals surface area contributed by atoms with Crippen LogP contribution in [0.5, 0.6) is 0 Å². The number of rotatable bonds is 10. The fourth-order valence-corrected chi connectivity index (χ4v) is 4.48. The summed E-state index contributed by atoms with van der Waals surface area (Å²) in [6.07, 6.45) is 3.29. The predicted molar refractivity (Wildman–Crippen MR) is 148 cm³/mol. The van der Waals surface area contributed by atoms with Crippen molar-refractivity contribution >= 4 is 23.4 Å². The van der Waals surface area contributed by atoms with E-state index in [9.17, 15) is 4.79 Å². The number of aromatic nitrogens is 2. The molecule has 2 aromatic carbocycles. The number of carbonyl (C=O) groups excluding carboxylic acids is 1. The first-order valence-electron chi connectivity index (χ1n) is 12.7. The van der Waals surface area contributed by atoms with Gasteiger partial charge in [-0.1, -0.05) is 44.2 Å². The van der Waals surface area contributed by atoms with E-state index >= 15 is 0 Å². The van der Waals surface area contributed by atoms with Crippen LogP contribution in [-0.2, 0) is 6.54 Å². The molecule has 2 atom stereocenters. The lowest BCUT2D eigenvalue weighted by Crippen LogP contribution is -2.64. The summed E-state index contributed by atoms with van der Waals surface area (Å²) < 4.78 is 1.82. The Morgan fingerprint density at radius 3 is 2.43 bits per heavy atom. The first-order chi connectivity index (χ1) is 17.9. The van der Waals surface area contributed by atoms with Crippen LogP contribution in [0.3, 0.4) is 0 Å². The van der Waals surface area contributed by atoms with E-state index in [1.807, 2.05) is 66.3 Å². The van der Waals surface area contributed by atoms with Crippen molar-refractivity contribution in [2.75, 3.05) is 25.5 Å². The molecule has 1 aliphatic heterocycles. The number of nitrogens with zero attached hydrogens (tertiary/aromatic N) is 5. The molecule has 9 heteroatoms. The maximum Gasteiger partial charge on any atom is 0.330 e. The highest BCUT2D eigenvalue weighted by Gasteiger charge is 2.44. The van der Waals surface area contributed by atoms with Gasteiger partial charge in [-0.05, 0) is 48.7 Å². The van der Waals surface area contributed by atoms with Gasteiger partial charge in [0, 0.05) is 44.8 Å². The zero-order valence-corrected chi connectivity index (χ0v) is 21.9. The fraction of sp³-hybridized carbons (Fsp3) is 0.357. The first kappa shape index (κ1) is 26.1. The molecule has 1 unspecified atom stereocenters. The molecule has 37 heavy (non-hydrogen) atoms. The average Bonchev–Trinajstić information content (AvgIpc) is 3.44. The summed E-state index contributed by atoms with van der Waals surface area (Å²) in [7, 11) is 1.75. The summed E-state index contributed by atoms with van der Waals surface area (Å²) in [5.41, 5.74) is 3.01. The summed E-state index contributed by atoms with van der Waals surface area (Å²) >= 11 is 0. The van der Waals surface area contributed by atoms with E-state index in [1.54, 1.807) is 23.0 Å². The molecule has 1 aliphatic rings. The van der Waals surface area contributed by atoms with Crippen LogP contribution in [0.25, 0.3) is 5.69 Å². The van der Waals surface area contributed by atoms with Gasteiger partial charge in [0.2, 0.25) is 0 Å². The van der Waals surface area contributed by atoms with Crippen LogP contribution in [0.15, 0.2) is 78.0 Å². The van der Waals surface area contributed by atoms with E-state index in [1.165, 1.54) is 0 Å². The zero-order valence-electron chi connectivity index (χ0n) is 21.9. The van der Waals surface area contributed by atoms with E-state index in [-0.39, 0.29) is 24.0 Å². The van der Waals surface area contributed by atoms with Gasteiger partial charge in [0.05, 0.1) is 11.9 Å². The van der Waals surface area contributed by atoms with Crippen LogP contribution in [-0.4, -0.2) is 63.6 Å². The molecule has 0 bridgehead atoms. The van der Waals surface area contributed by atoms with E-state index in [2.05, 4.69) is 46.7 Å². The van der Waals surface area contributed by atoms with Crippen LogP contribution in [0.1, 0.15) is 26.3 Å². The Bertz CT molecular complexity index is 1200. The first-order valence-corrected chi connectivity index (χ1v) is 12.7. The number of benzene rings is 2. The van der Waals surface area contributed by atoms with Crippen LogP contribution in [0.4, 0.5) is 10.5 Å². The van der Waals surface area contributed by atoms with Crippen molar-refractivity contribution in [3.8, 4) is 5.69 Å². The topological polar surface area (TPSA) is 102 Å². The smallest absolute Gasteiger partial charge is 0.330 e. The molecule has 0 radical (unpaired) electrons. The Balaban J connectivity index is 1.63. The van der Waals surface area contributed by atoms with Crippen LogP contribution in [0, 0.1) is 17.2 Å². The van der Waals surface area contributed by atoms with E-state index in [4.69, 9.17) is 5.41 Å². The molecule has 2 heterocycles. The van der Waals surface area contributed by atoms with Gasteiger partial charge < -0.3 is 5.32 Å². The predicted octanol–water partition coefficient (Wildman–Crippen LogP) is 4.44. The minimum absolute atomic E-state index is 0.213. The van der Waals surface area contributed by atoms with Gasteiger partial charge in [-0.25, -0.2) is 9.48 Å². The summed E-state index contributed by atoms with van der Waals surface area (Å²) in [5.74, 6) is 0.598. The summed E-state index contributed by atoms with van der Waals surface area (Å²) in [6.45, 7) is 7.61. The number of hydrogen-bond donors (Lipinski definition) is 3. The number of hydrogen-bond acceptors (Lipinski definition) is 6. The third-order valence-electron chi connectivity index (χ3n) is 6.25. The van der Waals surface area contributed by atoms with Gasteiger partial charge in [0.15, 0.2) is 0 Å². The maximum atomic E-state index is 13.2. The molecule has 194 valence electrons. The van der Waals surface area contributed by atoms with Crippen molar-refractivity contribution in [2.24, 2.45) is 16.8 Å². The number of aliphatic imine (C=N–C) groups is 1. The Hall–Kier alpha value is -3.98. The van der Waals surface area contributed by atoms with Gasteiger partial charge in [0.1, 0.15) is 17.6 Å². The highest BCUT2D eigenvalue weighted by Crippen LogP contribution is 2.24. The minimum atomic E-state index is -0.468. The van der Waals surface area contributed by atoms with Crippen molar-refractivity contribution in [1.29, 1.82) is 5.41 Å². The largest absolute Gasteiger partial charge is 0.369 e. The second-order valence-corrected chi connectivity index (χ2v) is 9.53. The number of amides is 2. The number of carbonyl (C=O) groups is 1. The van der Waals surface area contributed by atoms with Crippen LogP contribution >= 0.6 is 0 Å². The molecule has 1 aromatic heterocycles. The quantitative estimate of drug-likeness (QED) is 0.358. The summed E-state index contributed by atoms with van der Waals surface area (Å²) in [6, 6.07) is 19.8. The molecule has 9 nitrogen and oxygen atoms in total. The van der Waals surface area contributed by atoms with Crippen molar-refractivity contribution in [1.82, 2.24) is 24.9 Å². The lowest BCUT2D eigenvalue weighted by molar-refractivity contribution is 0.191. The molecule has 4 rings (SSSR count). The maximum absolute atomic E-state index is 13.2. The number of anilines is 1. The summed E-state index contributed by atoms with van der Waals surface area (Å²) in [5, 5.41) is 20.6. The molecule has 0 spiro atoms. The van der Waals surface area contributed by atoms with Gasteiger partial charge in [-0.3, -0.25) is 25.5 Å². The van der Waals surface area contributed by atoms with Crippen LogP contribution in [0.2, 0.25) is 0 Å². The summed E-state index contributed by atoms with van der Waals surface area (Å²) in [4.78, 5) is 21.0. The molecule has 2 amide bonds. The SMILES string of the molecule is CCN=C1[C@@H](C(NCc2ccc(-n3cccn3)cc2)Nc2ccccc2)C(=N)N(CC(C)C)C(=O)N1C. The monoisotopic (exact) mass is 500 g/mol. The van der Waals surface area contributed by atoms with Crippen molar-refractivity contribution < 1.29 is 4.79 Å². The minimum Gasteiger partial charge on any atom is -0.369 e. The molecule has 3 aromatic rings. The van der Waals surface area contributed by atoms with Crippen molar-refractivity contribution in [3.05, 3.63) is 78.6 Å². The van der Waals surface area contributed by atoms with Gasteiger partial charge in [-0.15, -0.1) is 0 Å². The normalized spacial score (nSPS) is 18.1. The third kappa shape index (κ3) is 6.06. The van der Waals surface area contributed by atoms with E-state index in [0.717, 1.165) is 16.9 Å². The molecule has 1 saturated heterocycles. The van der Waals surface area contributed by atoms with E-state index in [0.29, 0.717) is 25.5 Å². The molecular weight excluding hydrogens is 464 g/mol.